The monoisotopic (exact) mass is 320 g/mol. The van der Waals surface area contributed by atoms with Gasteiger partial charge in [-0.05, 0) is 37.3 Å². The number of rotatable bonds is 3. The first-order valence-corrected chi connectivity index (χ1v) is 6.95. The summed E-state index contributed by atoms with van der Waals surface area (Å²) in [4.78, 5) is 0.945. The Morgan fingerprint density at radius 3 is 2.50 bits per heavy atom. The van der Waals surface area contributed by atoms with Crippen molar-refractivity contribution in [2.75, 3.05) is 11.1 Å². The molecule has 1 aromatic heterocycles. The molecule has 0 aliphatic carbocycles. The van der Waals surface area contributed by atoms with Crippen molar-refractivity contribution in [3.63, 3.8) is 0 Å². The Morgan fingerprint density at radius 2 is 1.95 bits per heavy atom. The maximum absolute atomic E-state index is 12.8. The Balaban J connectivity index is 2.22. The quantitative estimate of drug-likeness (QED) is 0.765. The van der Waals surface area contributed by atoms with Crippen molar-refractivity contribution >= 4 is 34.3 Å². The lowest BCUT2D eigenvalue weighted by Gasteiger charge is -2.16. The second-order valence-corrected chi connectivity index (χ2v) is 6.05. The summed E-state index contributed by atoms with van der Waals surface area (Å²) in [7, 11) is 0. The van der Waals surface area contributed by atoms with Gasteiger partial charge in [0.05, 0.1) is 15.9 Å². The van der Waals surface area contributed by atoms with Crippen LogP contribution in [0.5, 0.6) is 0 Å². The molecule has 0 spiro atoms. The summed E-state index contributed by atoms with van der Waals surface area (Å²) >= 11 is 7.22. The molecule has 7 heteroatoms. The van der Waals surface area contributed by atoms with E-state index >= 15 is 0 Å². The number of thiophene rings is 1. The number of anilines is 2. The highest BCUT2D eigenvalue weighted by Gasteiger charge is 2.33. The number of hydrogen-bond acceptors (Lipinski definition) is 3. The average Bonchev–Trinajstić information content (AvgIpc) is 2.77. The third-order valence-electron chi connectivity index (χ3n) is 2.76. The van der Waals surface area contributed by atoms with Crippen LogP contribution in [0.1, 0.15) is 23.4 Å². The highest BCUT2D eigenvalue weighted by Crippen LogP contribution is 2.36. The number of alkyl halides is 3. The van der Waals surface area contributed by atoms with Crippen LogP contribution in [0, 0.1) is 0 Å². The lowest BCUT2D eigenvalue weighted by atomic mass is 10.1. The minimum atomic E-state index is -4.46. The van der Waals surface area contributed by atoms with Gasteiger partial charge in [0.15, 0.2) is 0 Å². The molecule has 108 valence electrons. The van der Waals surface area contributed by atoms with Gasteiger partial charge in [-0.1, -0.05) is 11.6 Å². The van der Waals surface area contributed by atoms with E-state index in [1.165, 1.54) is 23.5 Å². The topological polar surface area (TPSA) is 38.0 Å². The number of nitrogens with one attached hydrogen (secondary N) is 1. The Hall–Kier alpha value is -1.40. The van der Waals surface area contributed by atoms with Gasteiger partial charge in [-0.25, -0.2) is 0 Å². The molecule has 2 nitrogen and oxygen atoms in total. The zero-order valence-corrected chi connectivity index (χ0v) is 12.0. The van der Waals surface area contributed by atoms with Crippen LogP contribution in [0.4, 0.5) is 24.5 Å². The van der Waals surface area contributed by atoms with E-state index in [1.54, 1.807) is 6.07 Å². The molecule has 0 fully saturated rings. The molecule has 0 bridgehead atoms. The Labute approximate surface area is 123 Å². The summed E-state index contributed by atoms with van der Waals surface area (Å²) < 4.78 is 38.9. The van der Waals surface area contributed by atoms with Crippen LogP contribution in [-0.4, -0.2) is 0 Å². The van der Waals surface area contributed by atoms with E-state index in [0.717, 1.165) is 10.9 Å². The molecule has 0 saturated heterocycles. The molecule has 3 N–H and O–H groups in total. The van der Waals surface area contributed by atoms with Crippen LogP contribution in [0.25, 0.3) is 0 Å². The molecule has 1 heterocycles. The SMILES string of the molecule is CC(Nc1ccc(N)c(C(F)(F)F)c1)c1ccc(Cl)s1. The van der Waals surface area contributed by atoms with Gasteiger partial charge in [0.2, 0.25) is 0 Å². The highest BCUT2D eigenvalue weighted by molar-refractivity contribution is 7.16. The number of nitrogen functional groups attached to an aromatic ring is 1. The summed E-state index contributed by atoms with van der Waals surface area (Å²) in [5.41, 5.74) is 4.61. The van der Waals surface area contributed by atoms with Crippen LogP contribution >= 0.6 is 22.9 Å². The van der Waals surface area contributed by atoms with Crippen molar-refractivity contribution in [3.05, 3.63) is 45.1 Å². The lowest BCUT2D eigenvalue weighted by Crippen LogP contribution is -2.11. The van der Waals surface area contributed by atoms with E-state index in [4.69, 9.17) is 17.3 Å². The first-order chi connectivity index (χ1) is 9.27. The summed E-state index contributed by atoms with van der Waals surface area (Å²) in [5, 5.41) is 3.01. The zero-order valence-electron chi connectivity index (χ0n) is 10.5. The predicted octanol–water partition coefficient (Wildman–Crippen LogP) is 5.18. The fraction of sp³-hybridized carbons (Fsp3) is 0.231. The third kappa shape index (κ3) is 3.37. The summed E-state index contributed by atoms with van der Waals surface area (Å²) in [6, 6.07) is 7.24. The molecule has 0 aliphatic heterocycles. The Bertz CT molecular complexity index is 610. The first-order valence-electron chi connectivity index (χ1n) is 5.76. The Kier molecular flexibility index (Phi) is 4.15. The van der Waals surface area contributed by atoms with E-state index in [2.05, 4.69) is 5.32 Å². The van der Waals surface area contributed by atoms with Gasteiger partial charge >= 0.3 is 6.18 Å². The van der Waals surface area contributed by atoms with Gasteiger partial charge in [-0.15, -0.1) is 11.3 Å². The molecule has 1 unspecified atom stereocenters. The number of benzene rings is 1. The van der Waals surface area contributed by atoms with E-state index in [1.807, 2.05) is 13.0 Å². The average molecular weight is 321 g/mol. The van der Waals surface area contributed by atoms with Gasteiger partial charge in [-0.3, -0.25) is 0 Å². The molecular formula is C13H12ClF3N2S. The standard InChI is InChI=1S/C13H12ClF3N2S/c1-7(11-4-5-12(14)20-11)19-8-2-3-10(18)9(6-8)13(15,16)17/h2-7,19H,18H2,1H3. The molecular weight excluding hydrogens is 309 g/mol. The largest absolute Gasteiger partial charge is 0.418 e. The highest BCUT2D eigenvalue weighted by atomic mass is 35.5. The first kappa shape index (κ1) is 15.0. The molecule has 2 rings (SSSR count). The van der Waals surface area contributed by atoms with Crippen molar-refractivity contribution < 1.29 is 13.2 Å². The smallest absolute Gasteiger partial charge is 0.398 e. The fourth-order valence-electron chi connectivity index (χ4n) is 1.77. The zero-order chi connectivity index (χ0) is 14.9. The van der Waals surface area contributed by atoms with E-state index in [0.29, 0.717) is 10.0 Å². The van der Waals surface area contributed by atoms with Crippen molar-refractivity contribution in [1.29, 1.82) is 0 Å². The molecule has 0 amide bonds. The molecule has 2 aromatic rings. The second kappa shape index (κ2) is 5.54. The van der Waals surface area contributed by atoms with E-state index in [-0.39, 0.29) is 11.7 Å². The normalized spacial score (nSPS) is 13.2. The van der Waals surface area contributed by atoms with Crippen LogP contribution < -0.4 is 11.1 Å². The maximum atomic E-state index is 12.8. The molecule has 1 atom stereocenters. The van der Waals surface area contributed by atoms with Crippen LogP contribution in [0.2, 0.25) is 4.34 Å². The van der Waals surface area contributed by atoms with Crippen LogP contribution in [0.15, 0.2) is 30.3 Å². The summed E-state index contributed by atoms with van der Waals surface area (Å²) in [6.45, 7) is 1.85. The second-order valence-electron chi connectivity index (χ2n) is 4.31. The van der Waals surface area contributed by atoms with E-state index in [9.17, 15) is 13.2 Å². The van der Waals surface area contributed by atoms with Crippen molar-refractivity contribution in [3.8, 4) is 0 Å². The van der Waals surface area contributed by atoms with Crippen LogP contribution in [0.3, 0.4) is 0 Å². The number of halogens is 4. The van der Waals surface area contributed by atoms with Gasteiger partial charge in [0.25, 0.3) is 0 Å². The number of nitrogens with two attached hydrogens (primary N) is 1. The molecule has 1 aromatic carbocycles. The van der Waals surface area contributed by atoms with Crippen molar-refractivity contribution in [2.24, 2.45) is 0 Å². The van der Waals surface area contributed by atoms with Crippen molar-refractivity contribution in [2.45, 2.75) is 19.1 Å². The molecule has 0 radical (unpaired) electrons. The molecule has 0 saturated carbocycles. The van der Waals surface area contributed by atoms with Gasteiger partial charge in [0.1, 0.15) is 0 Å². The minimum Gasteiger partial charge on any atom is -0.398 e. The predicted molar refractivity (Wildman–Crippen MR) is 77.2 cm³/mol. The molecule has 20 heavy (non-hydrogen) atoms. The van der Waals surface area contributed by atoms with Gasteiger partial charge in [0, 0.05) is 16.3 Å². The van der Waals surface area contributed by atoms with Gasteiger partial charge in [-0.2, -0.15) is 13.2 Å². The summed E-state index contributed by atoms with van der Waals surface area (Å²) in [6.07, 6.45) is -4.46. The fourth-order valence-corrected chi connectivity index (χ4v) is 2.84. The van der Waals surface area contributed by atoms with Crippen LogP contribution in [-0.2, 0) is 6.18 Å². The third-order valence-corrected chi connectivity index (χ3v) is 4.18. The maximum Gasteiger partial charge on any atom is 0.418 e. The minimum absolute atomic E-state index is 0.141. The summed E-state index contributed by atoms with van der Waals surface area (Å²) in [5.74, 6) is 0. The van der Waals surface area contributed by atoms with Gasteiger partial charge < -0.3 is 11.1 Å². The lowest BCUT2D eigenvalue weighted by molar-refractivity contribution is -0.136. The van der Waals surface area contributed by atoms with E-state index < -0.39 is 11.7 Å². The molecule has 0 aliphatic rings. The Morgan fingerprint density at radius 1 is 1.25 bits per heavy atom. The number of hydrogen-bond donors (Lipinski definition) is 2. The van der Waals surface area contributed by atoms with Crippen molar-refractivity contribution in [1.82, 2.24) is 0 Å².